The average molecular weight is 355 g/mol. The van der Waals surface area contributed by atoms with Gasteiger partial charge in [-0.15, -0.1) is 0 Å². The van der Waals surface area contributed by atoms with E-state index in [0.717, 1.165) is 0 Å². The van der Waals surface area contributed by atoms with Crippen molar-refractivity contribution in [1.29, 1.82) is 0 Å². The van der Waals surface area contributed by atoms with Crippen molar-refractivity contribution in [3.8, 4) is 0 Å². The van der Waals surface area contributed by atoms with Crippen LogP contribution in [0.15, 0.2) is 24.3 Å². The summed E-state index contributed by atoms with van der Waals surface area (Å²) in [6.07, 6.45) is 0.466. The molecule has 2 saturated heterocycles. The Morgan fingerprint density at radius 3 is 2.54 bits per heavy atom. The van der Waals surface area contributed by atoms with Gasteiger partial charge in [0.2, 0.25) is 0 Å². The van der Waals surface area contributed by atoms with Gasteiger partial charge in [0.25, 0.3) is 0 Å². The van der Waals surface area contributed by atoms with E-state index in [2.05, 4.69) is 5.32 Å². The van der Waals surface area contributed by atoms with Crippen molar-refractivity contribution < 1.29 is 19.7 Å². The van der Waals surface area contributed by atoms with Crippen molar-refractivity contribution in [2.45, 2.75) is 43.5 Å². The fraction of sp³-hybridized carbons (Fsp3) is 0.588. The van der Waals surface area contributed by atoms with Crippen molar-refractivity contribution >= 4 is 23.3 Å². The monoisotopic (exact) mass is 354 g/mol. The molecule has 6 nitrogen and oxygen atoms in total. The van der Waals surface area contributed by atoms with Gasteiger partial charge >= 0.3 is 6.03 Å². The summed E-state index contributed by atoms with van der Waals surface area (Å²) in [5.74, 6) is 0. The Hall–Kier alpha value is -1.34. The normalized spacial score (nSPS) is 29.5. The van der Waals surface area contributed by atoms with Crippen LogP contribution in [0.25, 0.3) is 0 Å². The fourth-order valence-electron chi connectivity index (χ4n) is 3.49. The second-order valence-electron chi connectivity index (χ2n) is 6.85. The molecule has 3 rings (SSSR count). The first-order chi connectivity index (χ1) is 11.3. The first-order valence-electron chi connectivity index (χ1n) is 8.18. The summed E-state index contributed by atoms with van der Waals surface area (Å²) < 4.78 is 5.83. The zero-order valence-corrected chi connectivity index (χ0v) is 14.4. The predicted octanol–water partition coefficient (Wildman–Crippen LogP) is 2.24. The Balaban J connectivity index is 1.60. The quantitative estimate of drug-likeness (QED) is 0.722. The summed E-state index contributed by atoms with van der Waals surface area (Å²) in [5, 5.41) is 24.3. The molecule has 2 heterocycles. The lowest BCUT2D eigenvalue weighted by Crippen LogP contribution is -2.64. The van der Waals surface area contributed by atoms with Crippen molar-refractivity contribution in [3.05, 3.63) is 29.3 Å². The number of hydrogen-bond acceptors (Lipinski definition) is 4. The summed E-state index contributed by atoms with van der Waals surface area (Å²) in [6, 6.07) is 6.74. The molecule has 1 aromatic rings. The van der Waals surface area contributed by atoms with Crippen LogP contribution in [-0.2, 0) is 4.74 Å². The van der Waals surface area contributed by atoms with Crippen LogP contribution in [0.5, 0.6) is 0 Å². The van der Waals surface area contributed by atoms with E-state index in [1.54, 1.807) is 36.1 Å². The van der Waals surface area contributed by atoms with Gasteiger partial charge < -0.3 is 25.2 Å². The number of piperidine rings is 1. The molecule has 2 amide bonds. The zero-order valence-electron chi connectivity index (χ0n) is 13.7. The second-order valence-corrected chi connectivity index (χ2v) is 7.28. The smallest absolute Gasteiger partial charge is 0.321 e. The molecule has 1 unspecified atom stereocenters. The zero-order chi connectivity index (χ0) is 17.4. The predicted molar refractivity (Wildman–Crippen MR) is 91.2 cm³/mol. The molecule has 7 heteroatoms. The molecule has 2 aliphatic rings. The Bertz CT molecular complexity index is 597. The van der Waals surface area contributed by atoms with Crippen LogP contribution in [-0.4, -0.2) is 58.1 Å². The van der Waals surface area contributed by atoms with E-state index in [1.165, 1.54) is 0 Å². The minimum atomic E-state index is -1.15. The summed E-state index contributed by atoms with van der Waals surface area (Å²) >= 11 is 5.84. The highest BCUT2D eigenvalue weighted by molar-refractivity contribution is 6.30. The summed E-state index contributed by atoms with van der Waals surface area (Å²) in [7, 11) is 0. The molecule has 2 atom stereocenters. The van der Waals surface area contributed by atoms with Crippen molar-refractivity contribution in [3.63, 3.8) is 0 Å². The maximum atomic E-state index is 12.4. The summed E-state index contributed by atoms with van der Waals surface area (Å²) in [5.41, 5.74) is -1.23. The topological polar surface area (TPSA) is 82.0 Å². The van der Waals surface area contributed by atoms with Crippen molar-refractivity contribution in [1.82, 2.24) is 4.90 Å². The largest absolute Gasteiger partial charge is 0.387 e. The SMILES string of the molecule is C[C@@]1(O)CCOC2(CCN(C(=O)Nc3ccc(Cl)cc3)CC2)C1O. The minimum absolute atomic E-state index is 0.191. The third-order valence-corrected chi connectivity index (χ3v) is 5.33. The number of nitrogens with one attached hydrogen (secondary N) is 1. The second kappa shape index (κ2) is 6.52. The molecule has 132 valence electrons. The number of carbonyl (C=O) groups is 1. The van der Waals surface area contributed by atoms with Crippen LogP contribution in [0.2, 0.25) is 5.02 Å². The number of halogens is 1. The fourth-order valence-corrected chi connectivity index (χ4v) is 3.61. The number of benzene rings is 1. The van der Waals surface area contributed by atoms with Gasteiger partial charge in [-0.1, -0.05) is 11.6 Å². The molecule has 0 aliphatic carbocycles. The minimum Gasteiger partial charge on any atom is -0.387 e. The number of likely N-dealkylation sites (tertiary alicyclic amines) is 1. The molecule has 2 aliphatic heterocycles. The van der Waals surface area contributed by atoms with Gasteiger partial charge in [-0.3, -0.25) is 0 Å². The molecule has 3 N–H and O–H groups in total. The van der Waals surface area contributed by atoms with Crippen LogP contribution in [0.3, 0.4) is 0 Å². The number of aliphatic hydroxyl groups is 2. The van der Waals surface area contributed by atoms with Crippen molar-refractivity contribution in [2.24, 2.45) is 0 Å². The Kier molecular flexibility index (Phi) is 4.75. The molecule has 0 radical (unpaired) electrons. The van der Waals surface area contributed by atoms with E-state index in [1.807, 2.05) is 0 Å². The first kappa shape index (κ1) is 17.5. The lowest BCUT2D eigenvalue weighted by Gasteiger charge is -2.51. The van der Waals surface area contributed by atoms with Crippen LogP contribution in [0.4, 0.5) is 10.5 Å². The number of anilines is 1. The van der Waals surface area contributed by atoms with Crippen LogP contribution >= 0.6 is 11.6 Å². The number of carbonyl (C=O) groups excluding carboxylic acids is 1. The first-order valence-corrected chi connectivity index (χ1v) is 8.56. The summed E-state index contributed by atoms with van der Waals surface area (Å²) in [6.45, 7) is 2.99. The molecule has 0 saturated carbocycles. The third kappa shape index (κ3) is 3.37. The van der Waals surface area contributed by atoms with Gasteiger partial charge in [-0.2, -0.15) is 0 Å². The number of rotatable bonds is 1. The van der Waals surface area contributed by atoms with E-state index in [-0.39, 0.29) is 6.03 Å². The number of ether oxygens (including phenoxy) is 1. The number of urea groups is 1. The van der Waals surface area contributed by atoms with Gasteiger partial charge in [0.15, 0.2) is 0 Å². The molecular weight excluding hydrogens is 332 g/mol. The maximum Gasteiger partial charge on any atom is 0.321 e. The number of hydrogen-bond donors (Lipinski definition) is 3. The average Bonchev–Trinajstić information content (AvgIpc) is 2.55. The van der Waals surface area contributed by atoms with Gasteiger partial charge in [0.05, 0.1) is 12.2 Å². The molecule has 0 bridgehead atoms. The van der Waals surface area contributed by atoms with Gasteiger partial charge in [-0.05, 0) is 44.0 Å². The van der Waals surface area contributed by atoms with Gasteiger partial charge in [0, 0.05) is 30.2 Å². The van der Waals surface area contributed by atoms with E-state index in [4.69, 9.17) is 16.3 Å². The van der Waals surface area contributed by atoms with Crippen LogP contribution in [0.1, 0.15) is 26.2 Å². The summed E-state index contributed by atoms with van der Waals surface area (Å²) in [4.78, 5) is 14.1. The maximum absolute atomic E-state index is 12.4. The molecule has 1 aromatic carbocycles. The van der Waals surface area contributed by atoms with Gasteiger partial charge in [-0.25, -0.2) is 4.79 Å². The third-order valence-electron chi connectivity index (χ3n) is 5.08. The Morgan fingerprint density at radius 2 is 1.92 bits per heavy atom. The van der Waals surface area contributed by atoms with E-state index in [9.17, 15) is 15.0 Å². The van der Waals surface area contributed by atoms with Crippen molar-refractivity contribution in [2.75, 3.05) is 25.0 Å². The van der Waals surface area contributed by atoms with Crippen LogP contribution < -0.4 is 5.32 Å². The number of amides is 2. The molecule has 1 spiro atoms. The highest BCUT2D eigenvalue weighted by atomic mass is 35.5. The standard InChI is InChI=1S/C17H23ClN2O4/c1-16(23)8-11-24-17(14(16)21)6-9-20(10-7-17)15(22)19-13-4-2-12(18)3-5-13/h2-5,14,21,23H,6-11H2,1H3,(H,19,22)/t14?,16-/m1/s1. The lowest BCUT2D eigenvalue weighted by atomic mass is 9.75. The van der Waals surface area contributed by atoms with E-state index >= 15 is 0 Å². The Labute approximate surface area is 146 Å². The van der Waals surface area contributed by atoms with Gasteiger partial charge in [0.1, 0.15) is 11.7 Å². The molecular formula is C17H23ClN2O4. The lowest BCUT2D eigenvalue weighted by molar-refractivity contribution is -0.244. The molecule has 0 aromatic heterocycles. The number of nitrogens with zero attached hydrogens (tertiary/aromatic N) is 1. The molecule has 24 heavy (non-hydrogen) atoms. The Morgan fingerprint density at radius 1 is 1.29 bits per heavy atom. The number of aliphatic hydroxyl groups excluding tert-OH is 1. The van der Waals surface area contributed by atoms with E-state index < -0.39 is 17.3 Å². The highest BCUT2D eigenvalue weighted by Gasteiger charge is 2.52. The van der Waals surface area contributed by atoms with E-state index in [0.29, 0.717) is 49.7 Å². The highest BCUT2D eigenvalue weighted by Crippen LogP contribution is 2.39. The molecule has 2 fully saturated rings. The van der Waals surface area contributed by atoms with Crippen LogP contribution in [0, 0.1) is 0 Å².